The van der Waals surface area contributed by atoms with Gasteiger partial charge in [-0.15, -0.1) is 0 Å². The van der Waals surface area contributed by atoms with Gasteiger partial charge in [-0.05, 0) is 55.7 Å². The lowest BCUT2D eigenvalue weighted by atomic mass is 9.97. The normalized spacial score (nSPS) is 12.8. The van der Waals surface area contributed by atoms with Gasteiger partial charge in [-0.3, -0.25) is 10.1 Å². The third-order valence-electron chi connectivity index (χ3n) is 5.41. The van der Waals surface area contributed by atoms with E-state index in [4.69, 9.17) is 0 Å². The van der Waals surface area contributed by atoms with Crippen molar-refractivity contribution in [3.8, 4) is 0 Å². The van der Waals surface area contributed by atoms with E-state index in [2.05, 4.69) is 20.5 Å². The summed E-state index contributed by atoms with van der Waals surface area (Å²) in [5.74, 6) is 0.712. The summed E-state index contributed by atoms with van der Waals surface area (Å²) in [6, 6.07) is 14.9. The number of nitrogens with one attached hydrogen (secondary N) is 2. The first-order valence-electron chi connectivity index (χ1n) is 10.0. The average Bonchev–Trinajstić information content (AvgIpc) is 2.75. The summed E-state index contributed by atoms with van der Waals surface area (Å²) in [6.45, 7) is 5.04. The molecule has 0 unspecified atom stereocenters. The van der Waals surface area contributed by atoms with Crippen molar-refractivity contribution in [1.82, 2.24) is 4.98 Å². The van der Waals surface area contributed by atoms with E-state index in [0.717, 1.165) is 34.5 Å². The Kier molecular flexibility index (Phi) is 5.53. The molecule has 4 rings (SSSR count). The van der Waals surface area contributed by atoms with Crippen LogP contribution in [0.15, 0.2) is 54.7 Å². The number of amides is 2. The first-order valence-corrected chi connectivity index (χ1v) is 10.0. The van der Waals surface area contributed by atoms with Crippen LogP contribution in [0.5, 0.6) is 0 Å². The van der Waals surface area contributed by atoms with Crippen molar-refractivity contribution < 1.29 is 9.72 Å². The summed E-state index contributed by atoms with van der Waals surface area (Å²) in [7, 11) is 0. The highest BCUT2D eigenvalue weighted by molar-refractivity contribution is 6.00. The summed E-state index contributed by atoms with van der Waals surface area (Å²) in [6.07, 6.45) is 2.04. The molecule has 1 aromatic heterocycles. The topological polar surface area (TPSA) is 100 Å². The van der Waals surface area contributed by atoms with Crippen LogP contribution >= 0.6 is 0 Å². The third-order valence-corrected chi connectivity index (χ3v) is 5.41. The molecule has 0 radical (unpaired) electrons. The van der Waals surface area contributed by atoms with E-state index in [1.807, 2.05) is 49.4 Å². The van der Waals surface area contributed by atoms with Crippen LogP contribution in [0.4, 0.5) is 27.7 Å². The Balaban J connectivity index is 1.48. The molecular weight excluding hydrogens is 394 g/mol. The number of carbonyl (C=O) groups is 1. The second kappa shape index (κ2) is 8.43. The predicted molar refractivity (Wildman–Crippen MR) is 121 cm³/mol. The Hall–Kier alpha value is -3.94. The van der Waals surface area contributed by atoms with Crippen LogP contribution in [0.3, 0.4) is 0 Å². The average molecular weight is 417 g/mol. The van der Waals surface area contributed by atoms with Crippen LogP contribution in [0.2, 0.25) is 0 Å². The van der Waals surface area contributed by atoms with Crippen molar-refractivity contribution in [2.45, 2.75) is 26.8 Å². The number of aryl methyl sites for hydroxylation is 2. The van der Waals surface area contributed by atoms with Gasteiger partial charge in [0.1, 0.15) is 12.0 Å². The number of hydrogen-bond donors (Lipinski definition) is 2. The zero-order valence-corrected chi connectivity index (χ0v) is 17.4. The second-order valence-corrected chi connectivity index (χ2v) is 7.65. The molecule has 31 heavy (non-hydrogen) atoms. The first kappa shape index (κ1) is 20.3. The highest BCUT2D eigenvalue weighted by atomic mass is 16.6. The number of pyridine rings is 1. The minimum absolute atomic E-state index is 0.0206. The molecule has 2 amide bonds. The van der Waals surface area contributed by atoms with E-state index in [9.17, 15) is 14.9 Å². The molecule has 0 bridgehead atoms. The summed E-state index contributed by atoms with van der Waals surface area (Å²) >= 11 is 0. The molecule has 1 aliphatic rings. The fraction of sp³-hybridized carbons (Fsp3) is 0.217. The standard InChI is InChI=1S/C23H23N5O3/c1-15-6-8-18(9-7-15)25-23(29)26-20-5-3-4-17-14-27(11-10-19(17)20)22-12-16(2)21(13-24-22)28(30)31/h3-9,12-13H,10-11,14H2,1-2H3,(H2,25,26,29). The lowest BCUT2D eigenvalue weighted by Crippen LogP contribution is -2.32. The number of anilines is 3. The van der Waals surface area contributed by atoms with Crippen LogP contribution in [-0.4, -0.2) is 22.5 Å². The van der Waals surface area contributed by atoms with Crippen molar-refractivity contribution in [3.63, 3.8) is 0 Å². The molecule has 1 aliphatic heterocycles. The molecule has 2 N–H and O–H groups in total. The molecule has 0 fully saturated rings. The van der Waals surface area contributed by atoms with Crippen molar-refractivity contribution >= 4 is 28.9 Å². The number of benzene rings is 2. The van der Waals surface area contributed by atoms with Crippen molar-refractivity contribution in [2.24, 2.45) is 0 Å². The van der Waals surface area contributed by atoms with E-state index >= 15 is 0 Å². The Morgan fingerprint density at radius 1 is 1.13 bits per heavy atom. The largest absolute Gasteiger partial charge is 0.352 e. The van der Waals surface area contributed by atoms with Crippen molar-refractivity contribution in [3.05, 3.63) is 87.1 Å². The quantitative estimate of drug-likeness (QED) is 0.468. The Labute approximate surface area is 180 Å². The SMILES string of the molecule is Cc1ccc(NC(=O)Nc2cccc3c2CCN(c2cc(C)c([N+](=O)[O-])cn2)C3)cc1. The van der Waals surface area contributed by atoms with Gasteiger partial charge >= 0.3 is 6.03 Å². The molecule has 158 valence electrons. The molecule has 0 aliphatic carbocycles. The van der Waals surface area contributed by atoms with Crippen LogP contribution < -0.4 is 15.5 Å². The van der Waals surface area contributed by atoms with Gasteiger partial charge in [0.15, 0.2) is 0 Å². The van der Waals surface area contributed by atoms with E-state index in [0.29, 0.717) is 24.5 Å². The van der Waals surface area contributed by atoms with Crippen LogP contribution in [0, 0.1) is 24.0 Å². The summed E-state index contributed by atoms with van der Waals surface area (Å²) in [5, 5.41) is 16.9. The maximum Gasteiger partial charge on any atom is 0.323 e. The maximum absolute atomic E-state index is 12.5. The lowest BCUT2D eigenvalue weighted by molar-refractivity contribution is -0.385. The van der Waals surface area contributed by atoms with Gasteiger partial charge in [0.05, 0.1) is 4.92 Å². The number of nitro groups is 1. The summed E-state index contributed by atoms with van der Waals surface area (Å²) in [4.78, 5) is 29.5. The second-order valence-electron chi connectivity index (χ2n) is 7.65. The van der Waals surface area contributed by atoms with E-state index in [-0.39, 0.29) is 11.7 Å². The van der Waals surface area contributed by atoms with Crippen LogP contribution in [0.1, 0.15) is 22.3 Å². The summed E-state index contributed by atoms with van der Waals surface area (Å²) < 4.78 is 0. The first-order chi connectivity index (χ1) is 14.9. The summed E-state index contributed by atoms with van der Waals surface area (Å²) in [5.41, 5.74) is 5.45. The smallest absolute Gasteiger partial charge is 0.323 e. The third kappa shape index (κ3) is 4.48. The fourth-order valence-electron chi connectivity index (χ4n) is 3.74. The van der Waals surface area contributed by atoms with Gasteiger partial charge in [0.25, 0.3) is 5.69 Å². The Bertz CT molecular complexity index is 1140. The molecule has 2 heterocycles. The highest BCUT2D eigenvalue weighted by Gasteiger charge is 2.22. The molecule has 8 nitrogen and oxygen atoms in total. The number of urea groups is 1. The Morgan fingerprint density at radius 2 is 1.90 bits per heavy atom. The number of hydrogen-bond acceptors (Lipinski definition) is 5. The van der Waals surface area contributed by atoms with Gasteiger partial charge in [-0.2, -0.15) is 0 Å². The van der Waals surface area contributed by atoms with Gasteiger partial charge < -0.3 is 15.5 Å². The molecule has 3 aromatic rings. The molecule has 0 saturated carbocycles. The lowest BCUT2D eigenvalue weighted by Gasteiger charge is -2.31. The van der Waals surface area contributed by atoms with Gasteiger partial charge in [-0.1, -0.05) is 29.8 Å². The molecule has 0 atom stereocenters. The van der Waals surface area contributed by atoms with Gasteiger partial charge in [-0.25, -0.2) is 9.78 Å². The molecule has 0 spiro atoms. The van der Waals surface area contributed by atoms with Crippen molar-refractivity contribution in [2.75, 3.05) is 22.1 Å². The zero-order valence-electron chi connectivity index (χ0n) is 17.4. The number of aromatic nitrogens is 1. The van der Waals surface area contributed by atoms with Crippen LogP contribution in [-0.2, 0) is 13.0 Å². The number of nitrogens with zero attached hydrogens (tertiary/aromatic N) is 3. The molecule has 0 saturated heterocycles. The minimum Gasteiger partial charge on any atom is -0.352 e. The van der Waals surface area contributed by atoms with E-state index in [1.165, 1.54) is 6.20 Å². The van der Waals surface area contributed by atoms with E-state index < -0.39 is 4.92 Å². The molecular formula is C23H23N5O3. The van der Waals surface area contributed by atoms with Gasteiger partial charge in [0.2, 0.25) is 0 Å². The number of carbonyl (C=O) groups excluding carboxylic acids is 1. The predicted octanol–water partition coefficient (Wildman–Crippen LogP) is 4.81. The molecule has 2 aromatic carbocycles. The van der Waals surface area contributed by atoms with Crippen molar-refractivity contribution in [1.29, 1.82) is 0 Å². The number of fused-ring (bicyclic) bond motifs is 1. The fourth-order valence-corrected chi connectivity index (χ4v) is 3.74. The highest BCUT2D eigenvalue weighted by Crippen LogP contribution is 2.30. The van der Waals surface area contributed by atoms with Crippen LogP contribution in [0.25, 0.3) is 0 Å². The maximum atomic E-state index is 12.5. The Morgan fingerprint density at radius 3 is 2.61 bits per heavy atom. The monoisotopic (exact) mass is 417 g/mol. The number of rotatable bonds is 4. The molecule has 8 heteroatoms. The van der Waals surface area contributed by atoms with E-state index in [1.54, 1.807) is 13.0 Å². The zero-order chi connectivity index (χ0) is 22.0. The minimum atomic E-state index is -0.419. The van der Waals surface area contributed by atoms with Gasteiger partial charge in [0, 0.05) is 30.0 Å².